The molecule has 0 aliphatic carbocycles. The van der Waals surface area contributed by atoms with Gasteiger partial charge in [0.05, 0.1) is 11.6 Å². The third-order valence-electron chi connectivity index (χ3n) is 4.71. The fraction of sp³-hybridized carbons (Fsp3) is 0.190. The Balaban J connectivity index is 1.46. The van der Waals surface area contributed by atoms with Crippen LogP contribution in [0, 0.1) is 0 Å². The van der Waals surface area contributed by atoms with Crippen molar-refractivity contribution in [3.05, 3.63) is 78.1 Å². The predicted molar refractivity (Wildman–Crippen MR) is 99.5 cm³/mol. The van der Waals surface area contributed by atoms with Crippen molar-refractivity contribution in [1.82, 2.24) is 15.2 Å². The number of aromatic nitrogens is 1. The van der Waals surface area contributed by atoms with E-state index < -0.39 is 0 Å². The van der Waals surface area contributed by atoms with Crippen molar-refractivity contribution in [2.24, 2.45) is 0 Å². The highest BCUT2D eigenvalue weighted by molar-refractivity contribution is 5.94. The van der Waals surface area contributed by atoms with Crippen molar-refractivity contribution in [3.8, 4) is 0 Å². The lowest BCUT2D eigenvalue weighted by molar-refractivity contribution is -0.128. The van der Waals surface area contributed by atoms with Crippen LogP contribution in [0.3, 0.4) is 0 Å². The monoisotopic (exact) mass is 345 g/mol. The van der Waals surface area contributed by atoms with Crippen LogP contribution in [0.25, 0.3) is 10.8 Å². The molecule has 1 fully saturated rings. The summed E-state index contributed by atoms with van der Waals surface area (Å²) in [5, 5.41) is 5.26. The molecule has 1 saturated heterocycles. The first kappa shape index (κ1) is 16.3. The molecule has 2 aromatic carbocycles. The number of rotatable bonds is 4. The van der Waals surface area contributed by atoms with Gasteiger partial charge in [0.25, 0.3) is 5.91 Å². The highest BCUT2D eigenvalue weighted by atomic mass is 16.2. The van der Waals surface area contributed by atoms with Gasteiger partial charge in [0, 0.05) is 31.9 Å². The van der Waals surface area contributed by atoms with E-state index in [1.165, 1.54) is 6.20 Å². The summed E-state index contributed by atoms with van der Waals surface area (Å²) in [6.07, 6.45) is 3.48. The second kappa shape index (κ2) is 6.96. The van der Waals surface area contributed by atoms with E-state index in [9.17, 15) is 9.59 Å². The Hall–Kier alpha value is -3.21. The molecule has 1 aliphatic rings. The van der Waals surface area contributed by atoms with Gasteiger partial charge in [-0.05, 0) is 28.5 Å². The molecule has 4 rings (SSSR count). The molecular weight excluding hydrogens is 326 g/mol. The zero-order chi connectivity index (χ0) is 17.9. The van der Waals surface area contributed by atoms with Gasteiger partial charge in [-0.2, -0.15) is 0 Å². The summed E-state index contributed by atoms with van der Waals surface area (Å²) in [7, 11) is 0. The van der Waals surface area contributed by atoms with E-state index in [-0.39, 0.29) is 17.9 Å². The third kappa shape index (κ3) is 3.28. The first-order valence-corrected chi connectivity index (χ1v) is 8.66. The molecule has 0 saturated carbocycles. The van der Waals surface area contributed by atoms with Crippen LogP contribution in [0.5, 0.6) is 0 Å². The third-order valence-corrected chi connectivity index (χ3v) is 4.71. The second-order valence-electron chi connectivity index (χ2n) is 6.53. The number of nitrogens with zero attached hydrogens (tertiary/aromatic N) is 2. The highest BCUT2D eigenvalue weighted by Gasteiger charge is 2.31. The van der Waals surface area contributed by atoms with Crippen molar-refractivity contribution >= 4 is 22.6 Å². The summed E-state index contributed by atoms with van der Waals surface area (Å²) in [4.78, 5) is 30.4. The molecule has 1 atom stereocenters. The lowest BCUT2D eigenvalue weighted by Gasteiger charge is -2.18. The first-order valence-electron chi connectivity index (χ1n) is 8.66. The maximum absolute atomic E-state index is 12.4. The van der Waals surface area contributed by atoms with Crippen molar-refractivity contribution in [2.75, 3.05) is 6.54 Å². The normalized spacial score (nSPS) is 16.8. The van der Waals surface area contributed by atoms with Crippen LogP contribution in [0.15, 0.2) is 67.0 Å². The zero-order valence-corrected chi connectivity index (χ0v) is 14.3. The molecule has 3 aromatic rings. The number of nitrogens with one attached hydrogen (secondary N) is 1. The molecule has 5 nitrogen and oxygen atoms in total. The quantitative estimate of drug-likeness (QED) is 0.791. The number of hydrogen-bond donors (Lipinski definition) is 1. The van der Waals surface area contributed by atoms with Crippen molar-refractivity contribution < 1.29 is 9.59 Å². The van der Waals surface area contributed by atoms with Gasteiger partial charge in [-0.15, -0.1) is 0 Å². The second-order valence-corrected chi connectivity index (χ2v) is 6.53. The Kier molecular flexibility index (Phi) is 4.35. The number of amides is 2. The van der Waals surface area contributed by atoms with E-state index in [4.69, 9.17) is 0 Å². The Morgan fingerprint density at radius 1 is 1.12 bits per heavy atom. The fourth-order valence-corrected chi connectivity index (χ4v) is 3.42. The topological polar surface area (TPSA) is 62.3 Å². The molecule has 0 bridgehead atoms. The first-order chi connectivity index (χ1) is 12.7. The number of hydrogen-bond acceptors (Lipinski definition) is 3. The van der Waals surface area contributed by atoms with Gasteiger partial charge in [-0.25, -0.2) is 0 Å². The van der Waals surface area contributed by atoms with Crippen LogP contribution in [-0.2, 0) is 11.3 Å². The molecular formula is C21H19N3O2. The standard InChI is InChI=1S/C21H19N3O2/c25-20-11-18(23-21(26)16-8-4-10-22-12-16)14-24(20)13-17-7-3-6-15-5-1-2-9-19(15)17/h1-10,12,18H,11,13-14H2,(H,23,26)/t18-/m1/s1. The molecule has 130 valence electrons. The number of carbonyl (C=O) groups is 2. The molecule has 1 N–H and O–H groups in total. The minimum Gasteiger partial charge on any atom is -0.347 e. The molecule has 26 heavy (non-hydrogen) atoms. The van der Waals surface area contributed by atoms with Crippen molar-refractivity contribution in [1.29, 1.82) is 0 Å². The Bertz CT molecular complexity index is 950. The Morgan fingerprint density at radius 3 is 2.81 bits per heavy atom. The number of carbonyl (C=O) groups excluding carboxylic acids is 2. The van der Waals surface area contributed by atoms with Gasteiger partial charge in [-0.1, -0.05) is 42.5 Å². The fourth-order valence-electron chi connectivity index (χ4n) is 3.42. The maximum Gasteiger partial charge on any atom is 0.253 e. The lowest BCUT2D eigenvalue weighted by Crippen LogP contribution is -2.37. The van der Waals surface area contributed by atoms with Gasteiger partial charge < -0.3 is 10.2 Å². The van der Waals surface area contributed by atoms with E-state index >= 15 is 0 Å². The maximum atomic E-state index is 12.4. The van der Waals surface area contributed by atoms with E-state index in [0.717, 1.165) is 16.3 Å². The number of benzene rings is 2. The number of likely N-dealkylation sites (tertiary alicyclic amines) is 1. The predicted octanol–water partition coefficient (Wildman–Crippen LogP) is 2.77. The Morgan fingerprint density at radius 2 is 1.96 bits per heavy atom. The van der Waals surface area contributed by atoms with Gasteiger partial charge >= 0.3 is 0 Å². The van der Waals surface area contributed by atoms with Gasteiger partial charge in [0.15, 0.2) is 0 Å². The minimum absolute atomic E-state index is 0.0643. The van der Waals surface area contributed by atoms with Gasteiger partial charge in [0.2, 0.25) is 5.91 Å². The summed E-state index contributed by atoms with van der Waals surface area (Å²) in [6.45, 7) is 1.08. The van der Waals surface area contributed by atoms with Crippen LogP contribution >= 0.6 is 0 Å². The summed E-state index contributed by atoms with van der Waals surface area (Å²) >= 11 is 0. The number of pyridine rings is 1. The lowest BCUT2D eigenvalue weighted by atomic mass is 10.0. The van der Waals surface area contributed by atoms with Crippen molar-refractivity contribution in [2.45, 2.75) is 19.0 Å². The SMILES string of the molecule is O=C(N[C@@H]1CC(=O)N(Cc2cccc3ccccc23)C1)c1cccnc1. The summed E-state index contributed by atoms with van der Waals surface area (Å²) < 4.78 is 0. The van der Waals surface area contributed by atoms with Gasteiger partial charge in [0.1, 0.15) is 0 Å². The number of fused-ring (bicyclic) bond motifs is 1. The van der Waals surface area contributed by atoms with E-state index in [0.29, 0.717) is 25.1 Å². The molecule has 2 amide bonds. The van der Waals surface area contributed by atoms with Crippen LogP contribution in [0.2, 0.25) is 0 Å². The molecule has 1 aliphatic heterocycles. The smallest absolute Gasteiger partial charge is 0.253 e. The average Bonchev–Trinajstić information content (AvgIpc) is 3.01. The van der Waals surface area contributed by atoms with E-state index in [1.807, 2.05) is 23.1 Å². The van der Waals surface area contributed by atoms with Crippen LogP contribution < -0.4 is 5.32 Å². The molecule has 5 heteroatoms. The molecule has 0 radical (unpaired) electrons. The van der Waals surface area contributed by atoms with Crippen molar-refractivity contribution in [3.63, 3.8) is 0 Å². The van der Waals surface area contributed by atoms with Crippen LogP contribution in [0.1, 0.15) is 22.3 Å². The molecule has 1 aromatic heterocycles. The summed E-state index contributed by atoms with van der Waals surface area (Å²) in [5.74, 6) is -0.127. The summed E-state index contributed by atoms with van der Waals surface area (Å²) in [5.41, 5.74) is 1.63. The summed E-state index contributed by atoms with van der Waals surface area (Å²) in [6, 6.07) is 17.6. The average molecular weight is 345 g/mol. The van der Waals surface area contributed by atoms with E-state index in [2.05, 4.69) is 34.6 Å². The van der Waals surface area contributed by atoms with E-state index in [1.54, 1.807) is 18.3 Å². The molecule has 2 heterocycles. The Labute approximate surface area is 151 Å². The van der Waals surface area contributed by atoms with Crippen LogP contribution in [-0.4, -0.2) is 34.3 Å². The molecule has 0 unspecified atom stereocenters. The highest BCUT2D eigenvalue weighted by Crippen LogP contribution is 2.22. The largest absolute Gasteiger partial charge is 0.347 e. The van der Waals surface area contributed by atoms with Gasteiger partial charge in [-0.3, -0.25) is 14.6 Å². The zero-order valence-electron chi connectivity index (χ0n) is 14.3. The molecule has 0 spiro atoms. The minimum atomic E-state index is -0.192. The van der Waals surface area contributed by atoms with Crippen LogP contribution in [0.4, 0.5) is 0 Å².